The van der Waals surface area contributed by atoms with Crippen molar-refractivity contribution < 1.29 is 18.9 Å². The lowest BCUT2D eigenvalue weighted by Crippen LogP contribution is -2.31. The van der Waals surface area contributed by atoms with Crippen LogP contribution in [0, 0.1) is 0 Å². The second kappa shape index (κ2) is 11.3. The molecule has 0 atom stereocenters. The average Bonchev–Trinajstić information content (AvgIpc) is 2.60. The van der Waals surface area contributed by atoms with Gasteiger partial charge in [-0.05, 0) is 24.3 Å². The number of nitrogens with zero attached hydrogens (tertiary/aromatic N) is 2. The van der Waals surface area contributed by atoms with Gasteiger partial charge in [0.05, 0.1) is 52.9 Å². The zero-order valence-corrected chi connectivity index (χ0v) is 14.9. The highest BCUT2D eigenvalue weighted by Gasteiger charge is 2.08. The van der Waals surface area contributed by atoms with E-state index in [0.717, 1.165) is 13.1 Å². The summed E-state index contributed by atoms with van der Waals surface area (Å²) in [6.07, 6.45) is 0. The SMILES string of the molecule is CN(C)c1ccc(N2CCOCCOCCOCCOCC2)cc1. The Morgan fingerprint density at radius 1 is 0.667 bits per heavy atom. The van der Waals surface area contributed by atoms with Gasteiger partial charge in [-0.1, -0.05) is 0 Å². The van der Waals surface area contributed by atoms with Gasteiger partial charge in [-0.15, -0.1) is 0 Å². The first kappa shape index (κ1) is 19.0. The lowest BCUT2D eigenvalue weighted by atomic mass is 10.2. The third-order valence-corrected chi connectivity index (χ3v) is 3.86. The van der Waals surface area contributed by atoms with Gasteiger partial charge in [-0.2, -0.15) is 0 Å². The van der Waals surface area contributed by atoms with Gasteiger partial charge in [0.25, 0.3) is 0 Å². The van der Waals surface area contributed by atoms with Crippen molar-refractivity contribution in [2.75, 3.05) is 89.8 Å². The van der Waals surface area contributed by atoms with Crippen LogP contribution in [-0.2, 0) is 18.9 Å². The monoisotopic (exact) mass is 338 g/mol. The van der Waals surface area contributed by atoms with Crippen LogP contribution in [-0.4, -0.2) is 80.0 Å². The fourth-order valence-electron chi connectivity index (χ4n) is 2.44. The molecule has 0 unspecified atom stereocenters. The van der Waals surface area contributed by atoms with E-state index in [-0.39, 0.29) is 0 Å². The number of hydrogen-bond donors (Lipinski definition) is 0. The van der Waals surface area contributed by atoms with Crippen LogP contribution in [0.2, 0.25) is 0 Å². The normalized spacial score (nSPS) is 19.3. The third-order valence-electron chi connectivity index (χ3n) is 3.86. The molecular weight excluding hydrogens is 308 g/mol. The van der Waals surface area contributed by atoms with Crippen molar-refractivity contribution >= 4 is 11.4 Å². The highest BCUT2D eigenvalue weighted by Crippen LogP contribution is 2.19. The van der Waals surface area contributed by atoms with Gasteiger partial charge in [0.1, 0.15) is 0 Å². The summed E-state index contributed by atoms with van der Waals surface area (Å²) >= 11 is 0. The van der Waals surface area contributed by atoms with E-state index in [1.54, 1.807) is 0 Å². The second-order valence-electron chi connectivity index (χ2n) is 5.85. The Bertz CT molecular complexity index is 423. The topological polar surface area (TPSA) is 43.4 Å². The van der Waals surface area contributed by atoms with Crippen LogP contribution in [0.15, 0.2) is 24.3 Å². The number of hydrogen-bond acceptors (Lipinski definition) is 6. The summed E-state index contributed by atoms with van der Waals surface area (Å²) < 4.78 is 22.2. The molecule has 6 heteroatoms. The van der Waals surface area contributed by atoms with Crippen molar-refractivity contribution in [2.24, 2.45) is 0 Å². The van der Waals surface area contributed by atoms with Crippen molar-refractivity contribution in [3.63, 3.8) is 0 Å². The van der Waals surface area contributed by atoms with Crippen LogP contribution >= 0.6 is 0 Å². The van der Waals surface area contributed by atoms with Crippen LogP contribution in [0.3, 0.4) is 0 Å². The summed E-state index contributed by atoms with van der Waals surface area (Å²) in [5.41, 5.74) is 2.38. The van der Waals surface area contributed by atoms with E-state index in [1.165, 1.54) is 11.4 Å². The zero-order chi connectivity index (χ0) is 17.0. The Morgan fingerprint density at radius 3 is 1.50 bits per heavy atom. The molecule has 1 aromatic rings. The van der Waals surface area contributed by atoms with E-state index in [1.807, 2.05) is 14.1 Å². The van der Waals surface area contributed by atoms with Crippen LogP contribution in [0.4, 0.5) is 11.4 Å². The standard InChI is InChI=1S/C18H30N2O4/c1-19(2)17-3-5-18(6-4-17)20-7-9-21-11-13-23-15-16-24-14-12-22-10-8-20/h3-6H,7-16H2,1-2H3. The van der Waals surface area contributed by atoms with Gasteiger partial charge < -0.3 is 28.7 Å². The molecule has 0 spiro atoms. The predicted molar refractivity (Wildman–Crippen MR) is 96.3 cm³/mol. The van der Waals surface area contributed by atoms with Crippen LogP contribution in [0.1, 0.15) is 0 Å². The molecule has 0 aliphatic carbocycles. The fraction of sp³-hybridized carbons (Fsp3) is 0.667. The van der Waals surface area contributed by atoms with Crippen molar-refractivity contribution in [3.8, 4) is 0 Å². The molecule has 24 heavy (non-hydrogen) atoms. The molecule has 2 rings (SSSR count). The van der Waals surface area contributed by atoms with Gasteiger partial charge in [0.15, 0.2) is 0 Å². The molecular formula is C18H30N2O4. The Labute approximate surface area is 145 Å². The van der Waals surface area contributed by atoms with E-state index in [2.05, 4.69) is 34.1 Å². The Hall–Kier alpha value is -1.34. The van der Waals surface area contributed by atoms with Crippen molar-refractivity contribution in [2.45, 2.75) is 0 Å². The molecule has 1 aliphatic heterocycles. The third kappa shape index (κ3) is 7.05. The quantitative estimate of drug-likeness (QED) is 0.817. The fourth-order valence-corrected chi connectivity index (χ4v) is 2.44. The highest BCUT2D eigenvalue weighted by molar-refractivity contribution is 5.55. The molecule has 0 saturated carbocycles. The van der Waals surface area contributed by atoms with Gasteiger partial charge in [-0.3, -0.25) is 0 Å². The summed E-state index contributed by atoms with van der Waals surface area (Å²) in [4.78, 5) is 4.39. The summed E-state index contributed by atoms with van der Waals surface area (Å²) in [7, 11) is 4.09. The van der Waals surface area contributed by atoms with E-state index >= 15 is 0 Å². The largest absolute Gasteiger partial charge is 0.378 e. The minimum atomic E-state index is 0.605. The Kier molecular flexibility index (Phi) is 8.91. The molecule has 1 aromatic carbocycles. The van der Waals surface area contributed by atoms with Gasteiger partial charge >= 0.3 is 0 Å². The summed E-state index contributed by atoms with van der Waals surface area (Å²) in [5.74, 6) is 0. The van der Waals surface area contributed by atoms with E-state index in [4.69, 9.17) is 18.9 Å². The molecule has 136 valence electrons. The first-order valence-corrected chi connectivity index (χ1v) is 8.60. The second-order valence-corrected chi connectivity index (χ2v) is 5.85. The zero-order valence-electron chi connectivity index (χ0n) is 14.9. The molecule has 0 bridgehead atoms. The minimum absolute atomic E-state index is 0.605. The predicted octanol–water partition coefficient (Wildman–Crippen LogP) is 1.64. The lowest BCUT2D eigenvalue weighted by Gasteiger charge is -2.25. The molecule has 1 heterocycles. The number of anilines is 2. The van der Waals surface area contributed by atoms with E-state index in [0.29, 0.717) is 52.9 Å². The highest BCUT2D eigenvalue weighted by atomic mass is 16.6. The molecule has 0 amide bonds. The Morgan fingerprint density at radius 2 is 1.08 bits per heavy atom. The molecule has 6 nitrogen and oxygen atoms in total. The molecule has 1 fully saturated rings. The molecule has 0 radical (unpaired) electrons. The maximum absolute atomic E-state index is 5.67. The van der Waals surface area contributed by atoms with Crippen LogP contribution in [0.25, 0.3) is 0 Å². The summed E-state index contributed by atoms with van der Waals surface area (Å²) in [6, 6.07) is 8.56. The average molecular weight is 338 g/mol. The Balaban J connectivity index is 1.90. The minimum Gasteiger partial charge on any atom is -0.378 e. The first-order chi connectivity index (χ1) is 11.8. The van der Waals surface area contributed by atoms with Gasteiger partial charge in [0, 0.05) is 38.6 Å². The van der Waals surface area contributed by atoms with E-state index in [9.17, 15) is 0 Å². The maximum atomic E-state index is 5.67. The van der Waals surface area contributed by atoms with Crippen LogP contribution < -0.4 is 9.80 Å². The van der Waals surface area contributed by atoms with Gasteiger partial charge in [0.2, 0.25) is 0 Å². The molecule has 0 N–H and O–H groups in total. The van der Waals surface area contributed by atoms with E-state index < -0.39 is 0 Å². The van der Waals surface area contributed by atoms with Crippen molar-refractivity contribution in [1.82, 2.24) is 0 Å². The molecule has 1 aliphatic rings. The molecule has 0 aromatic heterocycles. The van der Waals surface area contributed by atoms with Crippen LogP contribution in [0.5, 0.6) is 0 Å². The number of rotatable bonds is 2. The van der Waals surface area contributed by atoms with Crippen molar-refractivity contribution in [1.29, 1.82) is 0 Å². The lowest BCUT2D eigenvalue weighted by molar-refractivity contribution is 0.00206. The smallest absolute Gasteiger partial charge is 0.0701 e. The number of benzene rings is 1. The first-order valence-electron chi connectivity index (χ1n) is 8.60. The maximum Gasteiger partial charge on any atom is 0.0701 e. The van der Waals surface area contributed by atoms with Gasteiger partial charge in [-0.25, -0.2) is 0 Å². The van der Waals surface area contributed by atoms with Crippen molar-refractivity contribution in [3.05, 3.63) is 24.3 Å². The number of ether oxygens (including phenoxy) is 4. The summed E-state index contributed by atoms with van der Waals surface area (Å²) in [6.45, 7) is 6.68. The summed E-state index contributed by atoms with van der Waals surface area (Å²) in [5, 5.41) is 0. The molecule has 1 saturated heterocycles.